The van der Waals surface area contributed by atoms with E-state index in [1.54, 1.807) is 6.92 Å². The second-order valence-corrected chi connectivity index (χ2v) is 5.90. The number of sulfonamides is 1. The fourth-order valence-corrected chi connectivity index (χ4v) is 3.35. The van der Waals surface area contributed by atoms with Gasteiger partial charge in [-0.1, -0.05) is 13.0 Å². The molecule has 0 aliphatic heterocycles. The minimum absolute atomic E-state index is 0.0378. The van der Waals surface area contributed by atoms with Crippen LogP contribution in [0.1, 0.15) is 17.3 Å². The lowest BCUT2D eigenvalue weighted by Crippen LogP contribution is -2.32. The van der Waals surface area contributed by atoms with Crippen molar-refractivity contribution < 1.29 is 17.9 Å². The van der Waals surface area contributed by atoms with Gasteiger partial charge < -0.3 is 10.5 Å². The van der Waals surface area contributed by atoms with Gasteiger partial charge in [-0.3, -0.25) is 0 Å². The first-order chi connectivity index (χ1) is 9.38. The second kappa shape index (κ2) is 6.53. The van der Waals surface area contributed by atoms with Gasteiger partial charge in [0.05, 0.1) is 17.6 Å². The third-order valence-electron chi connectivity index (χ3n) is 2.71. The topological polar surface area (TPSA) is 89.7 Å². The Morgan fingerprint density at radius 2 is 2.15 bits per heavy atom. The van der Waals surface area contributed by atoms with E-state index in [9.17, 15) is 13.2 Å². The maximum Gasteiger partial charge on any atom is 0.339 e. The number of carbonyl (C=O) groups is 1. The lowest BCUT2D eigenvalue weighted by molar-refractivity contribution is 0.0596. The Bertz CT molecular complexity index is 611. The zero-order valence-electron chi connectivity index (χ0n) is 11.5. The van der Waals surface area contributed by atoms with Crippen LogP contribution in [-0.2, 0) is 14.8 Å². The quantitative estimate of drug-likeness (QED) is 0.485. The average Bonchev–Trinajstić information content (AvgIpc) is 2.43. The van der Waals surface area contributed by atoms with E-state index < -0.39 is 16.0 Å². The van der Waals surface area contributed by atoms with Crippen molar-refractivity contribution in [2.75, 3.05) is 25.9 Å². The minimum atomic E-state index is -3.84. The molecule has 0 aromatic heterocycles. The van der Waals surface area contributed by atoms with E-state index >= 15 is 0 Å². The van der Waals surface area contributed by atoms with Gasteiger partial charge in [0.15, 0.2) is 0 Å². The van der Waals surface area contributed by atoms with E-state index in [0.29, 0.717) is 0 Å². The van der Waals surface area contributed by atoms with Crippen LogP contribution in [0.15, 0.2) is 35.7 Å². The molecule has 1 rings (SSSR count). The van der Waals surface area contributed by atoms with Crippen LogP contribution in [0.25, 0.3) is 0 Å². The molecule has 1 aromatic rings. The lowest BCUT2D eigenvalue weighted by Gasteiger charge is -2.20. The molecule has 0 heterocycles. The number of hydrogen-bond acceptors (Lipinski definition) is 5. The second-order valence-electron chi connectivity index (χ2n) is 3.99. The number of hydrogen-bond donors (Lipinski definition) is 1. The molecule has 0 spiro atoms. The van der Waals surface area contributed by atoms with Crippen molar-refractivity contribution in [3.05, 3.63) is 36.4 Å². The Morgan fingerprint density at radius 1 is 1.50 bits per heavy atom. The molecular weight excluding hydrogens is 280 g/mol. The van der Waals surface area contributed by atoms with Crippen molar-refractivity contribution in [2.45, 2.75) is 11.8 Å². The number of esters is 1. The number of rotatable bonds is 6. The molecule has 0 saturated carbocycles. The minimum Gasteiger partial charge on any atom is -0.465 e. The lowest BCUT2D eigenvalue weighted by atomic mass is 10.2. The van der Waals surface area contributed by atoms with E-state index in [1.807, 2.05) is 0 Å². The highest BCUT2D eigenvalue weighted by Crippen LogP contribution is 2.23. The van der Waals surface area contributed by atoms with Crippen LogP contribution in [-0.4, -0.2) is 38.9 Å². The Morgan fingerprint density at radius 3 is 2.65 bits per heavy atom. The first-order valence-corrected chi connectivity index (χ1v) is 7.41. The Labute approximate surface area is 118 Å². The van der Waals surface area contributed by atoms with Gasteiger partial charge in [0.1, 0.15) is 0 Å². The molecule has 0 saturated heterocycles. The molecule has 0 unspecified atom stereocenters. The van der Waals surface area contributed by atoms with Crippen LogP contribution in [0.4, 0.5) is 5.69 Å². The average molecular weight is 298 g/mol. The standard InChI is InChI=1S/C13H18N2O4S/c1-4-8-15(5-2)20(17,18)12-9-10(14)6-7-11(12)13(16)19-3/h4,6-7,9H,1,5,8,14H2,2-3H3. The molecule has 0 atom stereocenters. The van der Waals surface area contributed by atoms with Crippen LogP contribution < -0.4 is 5.73 Å². The fourth-order valence-electron chi connectivity index (χ4n) is 1.71. The third kappa shape index (κ3) is 3.17. The predicted molar refractivity (Wildman–Crippen MR) is 76.8 cm³/mol. The molecule has 2 N–H and O–H groups in total. The summed E-state index contributed by atoms with van der Waals surface area (Å²) in [4.78, 5) is 11.5. The number of anilines is 1. The number of benzene rings is 1. The number of methoxy groups -OCH3 is 1. The number of nitrogens with two attached hydrogens (primary N) is 1. The van der Waals surface area contributed by atoms with E-state index in [2.05, 4.69) is 11.3 Å². The Balaban J connectivity index is 3.46. The van der Waals surface area contributed by atoms with E-state index in [4.69, 9.17) is 5.73 Å². The summed E-state index contributed by atoms with van der Waals surface area (Å²) in [5, 5.41) is 0. The molecule has 0 fully saturated rings. The fraction of sp³-hybridized carbons (Fsp3) is 0.308. The molecule has 1 aromatic carbocycles. The normalized spacial score (nSPS) is 11.3. The molecule has 20 heavy (non-hydrogen) atoms. The van der Waals surface area contributed by atoms with E-state index in [1.165, 1.54) is 35.7 Å². The highest BCUT2D eigenvalue weighted by atomic mass is 32.2. The summed E-state index contributed by atoms with van der Waals surface area (Å²) in [5.41, 5.74) is 5.84. The Kier molecular flexibility index (Phi) is 5.29. The SMILES string of the molecule is C=CCN(CC)S(=O)(=O)c1cc(N)ccc1C(=O)OC. The number of likely N-dealkylation sites (N-methyl/N-ethyl adjacent to an activating group) is 1. The largest absolute Gasteiger partial charge is 0.465 e. The summed E-state index contributed by atoms with van der Waals surface area (Å²) in [5.74, 6) is -0.724. The van der Waals surface area contributed by atoms with Gasteiger partial charge in [0, 0.05) is 18.8 Å². The van der Waals surface area contributed by atoms with Crippen LogP contribution in [0.3, 0.4) is 0 Å². The first kappa shape index (κ1) is 16.2. The number of ether oxygens (including phenoxy) is 1. The molecule has 6 nitrogen and oxygen atoms in total. The molecule has 0 radical (unpaired) electrons. The first-order valence-electron chi connectivity index (χ1n) is 5.97. The number of nitrogen functional groups attached to an aromatic ring is 1. The summed E-state index contributed by atoms with van der Waals surface area (Å²) in [7, 11) is -2.65. The van der Waals surface area contributed by atoms with Crippen molar-refractivity contribution in [1.29, 1.82) is 0 Å². The van der Waals surface area contributed by atoms with Crippen molar-refractivity contribution in [3.8, 4) is 0 Å². The van der Waals surface area contributed by atoms with E-state index in [0.717, 1.165) is 0 Å². The highest BCUT2D eigenvalue weighted by molar-refractivity contribution is 7.89. The molecule has 110 valence electrons. The van der Waals surface area contributed by atoms with Gasteiger partial charge in [0.2, 0.25) is 10.0 Å². The van der Waals surface area contributed by atoms with Gasteiger partial charge in [-0.25, -0.2) is 13.2 Å². The molecule has 0 bridgehead atoms. The highest BCUT2D eigenvalue weighted by Gasteiger charge is 2.28. The van der Waals surface area contributed by atoms with Crippen LogP contribution >= 0.6 is 0 Å². The smallest absolute Gasteiger partial charge is 0.339 e. The predicted octanol–water partition coefficient (Wildman–Crippen LogP) is 1.25. The summed E-state index contributed by atoms with van der Waals surface area (Å²) >= 11 is 0. The molecular formula is C13H18N2O4S. The summed E-state index contributed by atoms with van der Waals surface area (Å²) in [6.45, 7) is 5.62. The van der Waals surface area contributed by atoms with Crippen molar-refractivity contribution in [3.63, 3.8) is 0 Å². The maximum atomic E-state index is 12.6. The van der Waals surface area contributed by atoms with Gasteiger partial charge in [0.25, 0.3) is 0 Å². The molecule has 0 aliphatic rings. The van der Waals surface area contributed by atoms with Gasteiger partial charge in [-0.05, 0) is 18.2 Å². The molecule has 7 heteroatoms. The van der Waals surface area contributed by atoms with Crippen LogP contribution in [0, 0.1) is 0 Å². The summed E-state index contributed by atoms with van der Waals surface area (Å²) in [6.07, 6.45) is 1.48. The summed E-state index contributed by atoms with van der Waals surface area (Å²) < 4.78 is 30.9. The van der Waals surface area contributed by atoms with Crippen molar-refractivity contribution in [1.82, 2.24) is 4.31 Å². The monoisotopic (exact) mass is 298 g/mol. The summed E-state index contributed by atoms with van der Waals surface area (Å²) in [6, 6.07) is 4.05. The zero-order chi connectivity index (χ0) is 15.3. The van der Waals surface area contributed by atoms with Gasteiger partial charge in [-0.2, -0.15) is 4.31 Å². The van der Waals surface area contributed by atoms with Gasteiger partial charge >= 0.3 is 5.97 Å². The van der Waals surface area contributed by atoms with E-state index in [-0.39, 0.29) is 29.2 Å². The molecule has 0 aliphatic carbocycles. The number of nitrogens with zero attached hydrogens (tertiary/aromatic N) is 1. The van der Waals surface area contributed by atoms with Crippen LogP contribution in [0.5, 0.6) is 0 Å². The third-order valence-corrected chi connectivity index (χ3v) is 4.69. The zero-order valence-corrected chi connectivity index (χ0v) is 12.3. The molecule has 0 amide bonds. The Hall–Kier alpha value is -1.86. The van der Waals surface area contributed by atoms with Crippen LogP contribution in [0.2, 0.25) is 0 Å². The van der Waals surface area contributed by atoms with Gasteiger partial charge in [-0.15, -0.1) is 6.58 Å². The maximum absolute atomic E-state index is 12.6. The van der Waals surface area contributed by atoms with Crippen molar-refractivity contribution in [2.24, 2.45) is 0 Å². The van der Waals surface area contributed by atoms with Crippen molar-refractivity contribution >= 4 is 21.7 Å². The number of carbonyl (C=O) groups excluding carboxylic acids is 1.